The van der Waals surface area contributed by atoms with Gasteiger partial charge in [-0.25, -0.2) is 17.5 Å². The maximum atomic E-state index is 13.2. The summed E-state index contributed by atoms with van der Waals surface area (Å²) in [5.41, 5.74) is 3.75. The van der Waals surface area contributed by atoms with E-state index < -0.39 is 10.0 Å². The number of amidine groups is 1. The predicted molar refractivity (Wildman–Crippen MR) is 125 cm³/mol. The first-order chi connectivity index (χ1) is 15.7. The Kier molecular flexibility index (Phi) is 5.25. The Morgan fingerprint density at radius 2 is 1.97 bits per heavy atom. The van der Waals surface area contributed by atoms with Gasteiger partial charge in [-0.1, -0.05) is 0 Å². The fourth-order valence-corrected chi connectivity index (χ4v) is 6.22. The highest BCUT2D eigenvalue weighted by atomic mass is 32.2. The van der Waals surface area contributed by atoms with Gasteiger partial charge in [0, 0.05) is 28.3 Å². The summed E-state index contributed by atoms with van der Waals surface area (Å²) in [6.45, 7) is 4.12. The van der Waals surface area contributed by atoms with Crippen molar-refractivity contribution in [3.05, 3.63) is 71.3 Å². The van der Waals surface area contributed by atoms with Crippen molar-refractivity contribution in [1.29, 1.82) is 0 Å². The molecule has 2 aliphatic heterocycles. The van der Waals surface area contributed by atoms with Crippen molar-refractivity contribution in [2.45, 2.75) is 24.8 Å². The molecule has 1 N–H and O–H groups in total. The van der Waals surface area contributed by atoms with Crippen LogP contribution in [0.2, 0.25) is 0 Å². The van der Waals surface area contributed by atoms with Crippen molar-refractivity contribution < 1.29 is 17.6 Å². The number of hydrogen-bond donors (Lipinski definition) is 1. The third kappa shape index (κ3) is 4.02. The zero-order valence-corrected chi connectivity index (χ0v) is 19.5. The third-order valence-corrected chi connectivity index (χ3v) is 7.97. The highest BCUT2D eigenvalue weighted by Crippen LogP contribution is 2.42. The molecular weight excluding hydrogens is 465 g/mol. The number of halogens is 1. The van der Waals surface area contributed by atoms with Crippen LogP contribution in [0.3, 0.4) is 0 Å². The van der Waals surface area contributed by atoms with Gasteiger partial charge in [0.1, 0.15) is 5.82 Å². The number of carbonyl (C=O) groups is 1. The smallest absolute Gasteiger partial charge is 0.257 e. The van der Waals surface area contributed by atoms with E-state index in [2.05, 4.69) is 14.8 Å². The number of sulfonamides is 1. The molecule has 1 amide bonds. The molecule has 3 heterocycles. The van der Waals surface area contributed by atoms with E-state index in [-0.39, 0.29) is 23.5 Å². The van der Waals surface area contributed by atoms with Crippen molar-refractivity contribution in [2.24, 2.45) is 4.40 Å². The quantitative estimate of drug-likeness (QED) is 0.608. The summed E-state index contributed by atoms with van der Waals surface area (Å²) < 4.78 is 42.4. The zero-order valence-electron chi connectivity index (χ0n) is 17.8. The van der Waals surface area contributed by atoms with Gasteiger partial charge in [-0.15, -0.1) is 4.40 Å². The summed E-state index contributed by atoms with van der Waals surface area (Å²) in [6.07, 6.45) is 1.69. The van der Waals surface area contributed by atoms with Crippen LogP contribution in [0, 0.1) is 12.7 Å². The Morgan fingerprint density at radius 3 is 2.73 bits per heavy atom. The first kappa shape index (κ1) is 21.7. The molecule has 3 aromatic rings. The SMILES string of the molecule is Cc1c(C(C)NC(=O)c2ccc3c(c2)SC2=NS(=O)(=O)CCN23)cnn1-c1ccc(F)cc1. The molecule has 5 rings (SSSR count). The maximum absolute atomic E-state index is 13.2. The summed E-state index contributed by atoms with van der Waals surface area (Å²) in [5.74, 6) is -0.595. The second-order valence-electron chi connectivity index (χ2n) is 7.86. The normalized spacial score (nSPS) is 17.2. The number of fused-ring (bicyclic) bond motifs is 3. The number of rotatable bonds is 4. The Labute approximate surface area is 194 Å². The third-order valence-electron chi connectivity index (χ3n) is 5.67. The molecule has 0 saturated heterocycles. The Morgan fingerprint density at radius 1 is 1.21 bits per heavy atom. The van der Waals surface area contributed by atoms with Gasteiger partial charge in [0.2, 0.25) is 0 Å². The minimum Gasteiger partial charge on any atom is -0.345 e. The summed E-state index contributed by atoms with van der Waals surface area (Å²) >= 11 is 1.25. The van der Waals surface area contributed by atoms with E-state index in [0.29, 0.717) is 17.3 Å². The van der Waals surface area contributed by atoms with Crippen LogP contribution in [-0.2, 0) is 10.0 Å². The van der Waals surface area contributed by atoms with Crippen molar-refractivity contribution in [3.63, 3.8) is 0 Å². The van der Waals surface area contributed by atoms with E-state index in [4.69, 9.17) is 0 Å². The highest BCUT2D eigenvalue weighted by Gasteiger charge is 2.33. The number of anilines is 1. The molecule has 0 fully saturated rings. The standard InChI is InChI=1S/C22H20FN5O3S2/c1-13(18-12-24-28(14(18)2)17-6-4-16(23)5-7-17)25-21(29)15-3-8-19-20(11-15)32-22-26-33(30,31)10-9-27(19)22/h3-8,11-13H,9-10H2,1-2H3,(H,25,29). The van der Waals surface area contributed by atoms with Crippen molar-refractivity contribution in [1.82, 2.24) is 15.1 Å². The lowest BCUT2D eigenvalue weighted by Crippen LogP contribution is -2.35. The molecule has 11 heteroatoms. The van der Waals surface area contributed by atoms with E-state index >= 15 is 0 Å². The van der Waals surface area contributed by atoms with Crippen molar-refractivity contribution in [2.75, 3.05) is 17.2 Å². The molecule has 0 bridgehead atoms. The largest absolute Gasteiger partial charge is 0.345 e. The number of thioether (sulfide) groups is 1. The molecule has 8 nitrogen and oxygen atoms in total. The second-order valence-corrected chi connectivity index (χ2v) is 10.6. The molecule has 0 saturated carbocycles. The number of hydrogen-bond acceptors (Lipinski definition) is 6. The number of carbonyl (C=O) groups excluding carboxylic acids is 1. The zero-order chi connectivity index (χ0) is 23.3. The topological polar surface area (TPSA) is 96.7 Å². The first-order valence-electron chi connectivity index (χ1n) is 10.3. The molecule has 170 valence electrons. The molecule has 1 atom stereocenters. The average molecular weight is 486 g/mol. The fourth-order valence-electron chi connectivity index (χ4n) is 3.92. The van der Waals surface area contributed by atoms with Gasteiger partial charge in [-0.2, -0.15) is 5.10 Å². The summed E-state index contributed by atoms with van der Waals surface area (Å²) in [5, 5.41) is 7.80. The number of nitrogens with zero attached hydrogens (tertiary/aromatic N) is 4. The van der Waals surface area contributed by atoms with Crippen LogP contribution < -0.4 is 10.2 Å². The fraction of sp³-hybridized carbons (Fsp3) is 0.227. The lowest BCUT2D eigenvalue weighted by molar-refractivity contribution is 0.0939. The summed E-state index contributed by atoms with van der Waals surface area (Å²) in [4.78, 5) is 15.6. The molecule has 0 radical (unpaired) electrons. The van der Waals surface area contributed by atoms with Crippen LogP contribution in [0.1, 0.15) is 34.6 Å². The molecule has 33 heavy (non-hydrogen) atoms. The molecule has 0 aliphatic carbocycles. The van der Waals surface area contributed by atoms with Gasteiger partial charge in [0.05, 0.1) is 29.4 Å². The van der Waals surface area contributed by atoms with E-state index in [1.165, 1.54) is 23.9 Å². The van der Waals surface area contributed by atoms with E-state index in [0.717, 1.165) is 27.5 Å². The van der Waals surface area contributed by atoms with Gasteiger partial charge in [0.15, 0.2) is 5.17 Å². The average Bonchev–Trinajstić information content (AvgIpc) is 3.32. The Balaban J connectivity index is 1.34. The van der Waals surface area contributed by atoms with E-state index in [1.54, 1.807) is 35.1 Å². The number of amides is 1. The van der Waals surface area contributed by atoms with Crippen LogP contribution in [0.25, 0.3) is 5.69 Å². The molecule has 0 spiro atoms. The lowest BCUT2D eigenvalue weighted by atomic mass is 10.1. The van der Waals surface area contributed by atoms with Gasteiger partial charge < -0.3 is 10.2 Å². The minimum atomic E-state index is -3.43. The molecule has 2 aromatic carbocycles. The van der Waals surface area contributed by atoms with Crippen LogP contribution in [-0.4, -0.2) is 41.6 Å². The number of nitrogens with one attached hydrogen (secondary N) is 1. The monoisotopic (exact) mass is 485 g/mol. The van der Waals surface area contributed by atoms with Gasteiger partial charge in [-0.05, 0) is 68.1 Å². The maximum Gasteiger partial charge on any atom is 0.257 e. The summed E-state index contributed by atoms with van der Waals surface area (Å²) in [7, 11) is -3.43. The Hall–Kier alpha value is -3.18. The minimum absolute atomic E-state index is 0.0266. The number of aromatic nitrogens is 2. The van der Waals surface area contributed by atoms with Gasteiger partial charge >= 0.3 is 0 Å². The van der Waals surface area contributed by atoms with Gasteiger partial charge in [0.25, 0.3) is 15.9 Å². The van der Waals surface area contributed by atoms with Crippen molar-refractivity contribution >= 4 is 38.5 Å². The molecule has 1 aromatic heterocycles. The van der Waals surface area contributed by atoms with E-state index in [9.17, 15) is 17.6 Å². The van der Waals surface area contributed by atoms with Crippen molar-refractivity contribution in [3.8, 4) is 5.69 Å². The van der Waals surface area contributed by atoms with Gasteiger partial charge in [-0.3, -0.25) is 4.79 Å². The van der Waals surface area contributed by atoms with Crippen LogP contribution in [0.4, 0.5) is 10.1 Å². The van der Waals surface area contributed by atoms with Crippen LogP contribution in [0.15, 0.2) is 58.0 Å². The van der Waals surface area contributed by atoms with Crippen LogP contribution in [0.5, 0.6) is 0 Å². The predicted octanol–water partition coefficient (Wildman–Crippen LogP) is 3.42. The van der Waals surface area contributed by atoms with E-state index in [1.807, 2.05) is 24.8 Å². The molecular formula is C22H20FN5O3S2. The highest BCUT2D eigenvalue weighted by molar-refractivity contribution is 8.15. The summed E-state index contributed by atoms with van der Waals surface area (Å²) in [6, 6.07) is 11.0. The molecule has 2 aliphatic rings. The Bertz CT molecular complexity index is 1400. The first-order valence-corrected chi connectivity index (χ1v) is 12.7. The lowest BCUT2D eigenvalue weighted by Gasteiger charge is -2.22. The number of benzene rings is 2. The molecule has 1 unspecified atom stereocenters. The van der Waals surface area contributed by atoms with Crippen LogP contribution >= 0.6 is 11.8 Å². The second kappa shape index (κ2) is 7.99.